The maximum atomic E-state index is 5.52. The highest BCUT2D eigenvalue weighted by molar-refractivity contribution is 5.31. The Balaban J connectivity index is 2.48. The summed E-state index contributed by atoms with van der Waals surface area (Å²) in [6.07, 6.45) is 4.03. The molecule has 1 atom stereocenters. The van der Waals surface area contributed by atoms with Crippen LogP contribution in [0.2, 0.25) is 0 Å². The largest absolute Gasteiger partial charge is 0.408 e. The lowest BCUT2D eigenvalue weighted by Crippen LogP contribution is -2.30. The molecule has 1 N–H and O–H groups in total. The first kappa shape index (κ1) is 11.8. The number of hydroxylamine groups is 1. The van der Waals surface area contributed by atoms with Crippen LogP contribution in [0, 0.1) is 6.92 Å². The molecule has 0 bridgehead atoms. The van der Waals surface area contributed by atoms with Gasteiger partial charge in [0.2, 0.25) is 0 Å². The van der Waals surface area contributed by atoms with Crippen molar-refractivity contribution in [3.63, 3.8) is 0 Å². The van der Waals surface area contributed by atoms with Crippen molar-refractivity contribution in [2.75, 3.05) is 0 Å². The van der Waals surface area contributed by atoms with Crippen LogP contribution in [0.1, 0.15) is 25.3 Å². The van der Waals surface area contributed by atoms with Gasteiger partial charge in [-0.3, -0.25) is 0 Å². The first-order valence-corrected chi connectivity index (χ1v) is 5.38. The molecule has 82 valence electrons. The molecule has 15 heavy (non-hydrogen) atoms. The van der Waals surface area contributed by atoms with Crippen molar-refractivity contribution in [3.05, 3.63) is 42.5 Å². The average molecular weight is 205 g/mol. The molecule has 1 aromatic rings. The van der Waals surface area contributed by atoms with E-state index in [0.717, 1.165) is 24.2 Å². The van der Waals surface area contributed by atoms with Crippen molar-refractivity contribution >= 4 is 0 Å². The highest BCUT2D eigenvalue weighted by Gasteiger charge is 2.03. The summed E-state index contributed by atoms with van der Waals surface area (Å²) in [4.78, 5) is 5.52. The van der Waals surface area contributed by atoms with Crippen molar-refractivity contribution < 1.29 is 4.84 Å². The van der Waals surface area contributed by atoms with E-state index in [0.29, 0.717) is 0 Å². The number of hydrogen-bond acceptors (Lipinski definition) is 2. The molecule has 0 aliphatic rings. The SMILES string of the molecule is C=C[C@H](CCC)NOc1ccccc1C. The van der Waals surface area contributed by atoms with Crippen LogP contribution in [0.3, 0.4) is 0 Å². The molecule has 0 heterocycles. The number of hydrogen-bond donors (Lipinski definition) is 1. The van der Waals surface area contributed by atoms with E-state index in [1.165, 1.54) is 0 Å². The highest BCUT2D eigenvalue weighted by Crippen LogP contribution is 2.15. The Morgan fingerprint density at radius 3 is 2.80 bits per heavy atom. The minimum atomic E-state index is 0.217. The lowest BCUT2D eigenvalue weighted by atomic mass is 10.2. The van der Waals surface area contributed by atoms with Crippen LogP contribution in [-0.2, 0) is 0 Å². The molecule has 1 aromatic carbocycles. The zero-order valence-electron chi connectivity index (χ0n) is 9.49. The number of nitrogens with one attached hydrogen (secondary N) is 1. The summed E-state index contributed by atoms with van der Waals surface area (Å²) >= 11 is 0. The molecule has 0 aromatic heterocycles. The molecule has 0 aliphatic heterocycles. The summed E-state index contributed by atoms with van der Waals surface area (Å²) < 4.78 is 0. The predicted octanol–water partition coefficient (Wildman–Crippen LogP) is 3.23. The highest BCUT2D eigenvalue weighted by atomic mass is 16.6. The fraction of sp³-hybridized carbons (Fsp3) is 0.385. The lowest BCUT2D eigenvalue weighted by molar-refractivity contribution is 0.167. The van der Waals surface area contributed by atoms with Gasteiger partial charge in [-0.15, -0.1) is 12.1 Å². The Morgan fingerprint density at radius 1 is 1.47 bits per heavy atom. The van der Waals surface area contributed by atoms with Gasteiger partial charge in [-0.25, -0.2) is 0 Å². The average Bonchev–Trinajstić information content (AvgIpc) is 2.26. The van der Waals surface area contributed by atoms with Crippen molar-refractivity contribution in [1.29, 1.82) is 0 Å². The number of rotatable bonds is 6. The summed E-state index contributed by atoms with van der Waals surface area (Å²) in [7, 11) is 0. The van der Waals surface area contributed by atoms with Crippen molar-refractivity contribution in [1.82, 2.24) is 5.48 Å². The minimum absolute atomic E-state index is 0.217. The van der Waals surface area contributed by atoms with Crippen LogP contribution < -0.4 is 10.3 Å². The van der Waals surface area contributed by atoms with E-state index in [-0.39, 0.29) is 6.04 Å². The molecule has 0 saturated carbocycles. The third-order valence-corrected chi connectivity index (χ3v) is 2.30. The number of para-hydroxylation sites is 1. The van der Waals surface area contributed by atoms with Gasteiger partial charge in [0.15, 0.2) is 0 Å². The summed E-state index contributed by atoms with van der Waals surface area (Å²) in [5, 5.41) is 0. The third-order valence-electron chi connectivity index (χ3n) is 2.30. The smallest absolute Gasteiger partial charge is 0.150 e. The molecule has 1 rings (SSSR count). The van der Waals surface area contributed by atoms with Crippen LogP contribution in [-0.4, -0.2) is 6.04 Å². The Bertz CT molecular complexity index is 309. The second kappa shape index (κ2) is 6.25. The van der Waals surface area contributed by atoms with Gasteiger partial charge in [-0.2, -0.15) is 0 Å². The minimum Gasteiger partial charge on any atom is -0.408 e. The van der Waals surface area contributed by atoms with Crippen molar-refractivity contribution in [2.24, 2.45) is 0 Å². The monoisotopic (exact) mass is 205 g/mol. The third kappa shape index (κ3) is 3.76. The van der Waals surface area contributed by atoms with Gasteiger partial charge in [0.1, 0.15) is 5.75 Å². The van der Waals surface area contributed by atoms with Crippen molar-refractivity contribution in [2.45, 2.75) is 32.7 Å². The molecular weight excluding hydrogens is 186 g/mol. The molecule has 0 saturated heterocycles. The topological polar surface area (TPSA) is 21.3 Å². The Labute approximate surface area is 91.9 Å². The fourth-order valence-corrected chi connectivity index (χ4v) is 1.35. The molecule has 0 radical (unpaired) electrons. The van der Waals surface area contributed by atoms with Gasteiger partial charge in [-0.05, 0) is 25.0 Å². The Morgan fingerprint density at radius 2 is 2.20 bits per heavy atom. The second-order valence-electron chi connectivity index (χ2n) is 3.62. The van der Waals surface area contributed by atoms with Crippen LogP contribution in [0.15, 0.2) is 36.9 Å². The molecule has 0 amide bonds. The van der Waals surface area contributed by atoms with Gasteiger partial charge >= 0.3 is 0 Å². The zero-order valence-corrected chi connectivity index (χ0v) is 9.49. The molecule has 2 nitrogen and oxygen atoms in total. The van der Waals surface area contributed by atoms with Crippen molar-refractivity contribution in [3.8, 4) is 5.75 Å². The Hall–Kier alpha value is -1.28. The molecule has 0 unspecified atom stereocenters. The van der Waals surface area contributed by atoms with Gasteiger partial charge in [0.25, 0.3) is 0 Å². The first-order valence-electron chi connectivity index (χ1n) is 5.38. The molecule has 0 spiro atoms. The normalized spacial score (nSPS) is 12.1. The van der Waals surface area contributed by atoms with E-state index in [9.17, 15) is 0 Å². The van der Waals surface area contributed by atoms with E-state index in [2.05, 4.69) is 19.0 Å². The zero-order chi connectivity index (χ0) is 11.1. The van der Waals surface area contributed by atoms with Crippen LogP contribution in [0.5, 0.6) is 5.75 Å². The van der Waals surface area contributed by atoms with Gasteiger partial charge in [0, 0.05) is 0 Å². The van der Waals surface area contributed by atoms with Gasteiger partial charge in [-0.1, -0.05) is 37.6 Å². The van der Waals surface area contributed by atoms with Crippen LogP contribution in [0.25, 0.3) is 0 Å². The molecule has 0 fully saturated rings. The molecule has 2 heteroatoms. The fourth-order valence-electron chi connectivity index (χ4n) is 1.35. The van der Waals surface area contributed by atoms with E-state index >= 15 is 0 Å². The summed E-state index contributed by atoms with van der Waals surface area (Å²) in [6, 6.07) is 8.16. The van der Waals surface area contributed by atoms with Crippen LogP contribution >= 0.6 is 0 Å². The van der Waals surface area contributed by atoms with E-state index in [1.807, 2.05) is 37.3 Å². The maximum absolute atomic E-state index is 5.52. The maximum Gasteiger partial charge on any atom is 0.150 e. The summed E-state index contributed by atoms with van der Waals surface area (Å²) in [6.45, 7) is 7.94. The second-order valence-corrected chi connectivity index (χ2v) is 3.62. The quantitative estimate of drug-likeness (QED) is 0.568. The Kier molecular flexibility index (Phi) is 4.91. The lowest BCUT2D eigenvalue weighted by Gasteiger charge is -2.15. The number of benzene rings is 1. The molecule has 0 aliphatic carbocycles. The first-order chi connectivity index (χ1) is 7.27. The summed E-state index contributed by atoms with van der Waals surface area (Å²) in [5.74, 6) is 0.875. The molecular formula is C13H19NO. The number of aryl methyl sites for hydroxylation is 1. The predicted molar refractivity (Wildman–Crippen MR) is 63.8 cm³/mol. The van der Waals surface area contributed by atoms with Gasteiger partial charge < -0.3 is 4.84 Å². The van der Waals surface area contributed by atoms with Gasteiger partial charge in [0.05, 0.1) is 6.04 Å². The van der Waals surface area contributed by atoms with E-state index in [1.54, 1.807) is 0 Å². The summed E-state index contributed by atoms with van der Waals surface area (Å²) in [5.41, 5.74) is 4.14. The standard InChI is InChI=1S/C13H19NO/c1-4-8-12(5-2)14-15-13-10-7-6-9-11(13)3/h5-7,9-10,12,14H,2,4,8H2,1,3H3/t12-/m1/s1. The van der Waals surface area contributed by atoms with E-state index in [4.69, 9.17) is 4.84 Å². The van der Waals surface area contributed by atoms with Crippen LogP contribution in [0.4, 0.5) is 0 Å². The van der Waals surface area contributed by atoms with E-state index < -0.39 is 0 Å².